The number of ether oxygens (including phenoxy) is 1. The molecule has 2 N–H and O–H groups in total. The number of aromatic amines is 1. The second-order valence-corrected chi connectivity index (χ2v) is 10.4. The number of carbonyl (C=O) groups excluding carboxylic acids is 1. The van der Waals surface area contributed by atoms with Gasteiger partial charge in [0, 0.05) is 69.2 Å². The molecule has 0 atom stereocenters. The molecule has 2 aliphatic rings. The summed E-state index contributed by atoms with van der Waals surface area (Å²) < 4.78 is 77.2. The Hall–Kier alpha value is -3.81. The number of carbonyl (C=O) groups is 1. The molecular formula is C29H30F5N5O3. The molecule has 3 heterocycles. The number of nitrogens with zero attached hydrogens (tertiary/aromatic N) is 3. The van der Waals surface area contributed by atoms with E-state index in [0.717, 1.165) is 5.56 Å². The van der Waals surface area contributed by atoms with Gasteiger partial charge < -0.3 is 24.8 Å². The van der Waals surface area contributed by atoms with Crippen LogP contribution >= 0.6 is 0 Å². The van der Waals surface area contributed by atoms with Gasteiger partial charge in [-0.25, -0.2) is 8.78 Å². The highest BCUT2D eigenvalue weighted by atomic mass is 19.4. The summed E-state index contributed by atoms with van der Waals surface area (Å²) in [5.74, 6) is -2.60. The number of amides is 1. The van der Waals surface area contributed by atoms with Gasteiger partial charge in [0.05, 0.1) is 35.7 Å². The second-order valence-electron chi connectivity index (χ2n) is 10.4. The number of hydrogen-bond donors (Lipinski definition) is 2. The predicted octanol–water partition coefficient (Wildman–Crippen LogP) is 4.18. The van der Waals surface area contributed by atoms with Crippen molar-refractivity contribution in [2.45, 2.75) is 12.7 Å². The standard InChI is InChI=1S/C29H30F5N5O3/c1-37-4-6-39(7-5-37)26-15-24(31)20(19-12-18(2-3-23(19)30)17-38-8-10-42-11-9-38)13-25(26)36-28(41)21-16-35-27(40)14-22(21)29(32,33)34/h2-3,12-16H,4-11,17H2,1H3,(H,35,40)(H,36,41). The molecule has 0 radical (unpaired) electrons. The number of likely N-dealkylation sites (N-methyl/N-ethyl adjacent to an activating group) is 1. The van der Waals surface area contributed by atoms with Crippen LogP contribution in [0.1, 0.15) is 21.5 Å². The van der Waals surface area contributed by atoms with Crippen molar-refractivity contribution in [1.29, 1.82) is 0 Å². The number of halogens is 5. The Morgan fingerprint density at radius 1 is 0.952 bits per heavy atom. The molecule has 8 nitrogen and oxygen atoms in total. The molecule has 2 aromatic carbocycles. The SMILES string of the molecule is CN1CCN(c2cc(F)c(-c3cc(CN4CCOCC4)ccc3F)cc2NC(=O)c2c[nH]c(=O)cc2C(F)(F)F)CC1. The lowest BCUT2D eigenvalue weighted by Gasteiger charge is -2.35. The highest BCUT2D eigenvalue weighted by Gasteiger charge is 2.36. The number of anilines is 2. The first kappa shape index (κ1) is 29.7. The van der Waals surface area contributed by atoms with E-state index in [2.05, 4.69) is 20.1 Å². The molecule has 224 valence electrons. The first-order valence-corrected chi connectivity index (χ1v) is 13.5. The summed E-state index contributed by atoms with van der Waals surface area (Å²) >= 11 is 0. The zero-order valence-corrected chi connectivity index (χ0v) is 22.9. The fraction of sp³-hybridized carbons (Fsp3) is 0.379. The minimum absolute atomic E-state index is 0.0123. The quantitative estimate of drug-likeness (QED) is 0.419. The molecule has 2 saturated heterocycles. The van der Waals surface area contributed by atoms with Crippen LogP contribution in [0.25, 0.3) is 11.1 Å². The van der Waals surface area contributed by atoms with Crippen LogP contribution in [0.3, 0.4) is 0 Å². The first-order valence-electron chi connectivity index (χ1n) is 13.5. The smallest absolute Gasteiger partial charge is 0.379 e. The number of nitrogens with one attached hydrogen (secondary N) is 2. The summed E-state index contributed by atoms with van der Waals surface area (Å²) in [7, 11) is 1.92. The van der Waals surface area contributed by atoms with E-state index >= 15 is 8.78 Å². The van der Waals surface area contributed by atoms with Crippen molar-refractivity contribution in [3.63, 3.8) is 0 Å². The average Bonchev–Trinajstić information content (AvgIpc) is 2.95. The van der Waals surface area contributed by atoms with Crippen LogP contribution in [0.2, 0.25) is 0 Å². The molecule has 42 heavy (non-hydrogen) atoms. The van der Waals surface area contributed by atoms with Gasteiger partial charge in [-0.2, -0.15) is 13.2 Å². The van der Waals surface area contributed by atoms with Crippen LogP contribution in [-0.2, 0) is 17.5 Å². The Bertz CT molecular complexity index is 1510. The normalized spacial score (nSPS) is 17.0. The molecule has 2 aliphatic heterocycles. The van der Waals surface area contributed by atoms with Crippen molar-refractivity contribution in [3.8, 4) is 11.1 Å². The van der Waals surface area contributed by atoms with Crippen LogP contribution in [-0.4, -0.2) is 80.2 Å². The summed E-state index contributed by atoms with van der Waals surface area (Å²) in [5.41, 5.74) is -2.43. The third kappa shape index (κ3) is 6.63. The molecule has 3 aromatic rings. The molecule has 5 rings (SSSR count). The third-order valence-corrected chi connectivity index (χ3v) is 7.48. The maximum atomic E-state index is 15.7. The second kappa shape index (κ2) is 12.2. The number of H-pyrrole nitrogens is 1. The maximum absolute atomic E-state index is 15.7. The van der Waals surface area contributed by atoms with Crippen molar-refractivity contribution < 1.29 is 31.5 Å². The van der Waals surface area contributed by atoms with Crippen molar-refractivity contribution >= 4 is 17.3 Å². The minimum atomic E-state index is -4.97. The molecule has 1 amide bonds. The van der Waals surface area contributed by atoms with Crippen LogP contribution in [0.4, 0.5) is 33.3 Å². The van der Waals surface area contributed by atoms with E-state index in [1.165, 1.54) is 24.3 Å². The molecule has 0 aliphatic carbocycles. The van der Waals surface area contributed by atoms with Gasteiger partial charge in [0.1, 0.15) is 11.6 Å². The van der Waals surface area contributed by atoms with E-state index in [0.29, 0.717) is 71.3 Å². The highest BCUT2D eigenvalue weighted by Crippen LogP contribution is 2.37. The van der Waals surface area contributed by atoms with Crippen molar-refractivity contribution in [2.24, 2.45) is 0 Å². The Morgan fingerprint density at radius 2 is 1.64 bits per heavy atom. The van der Waals surface area contributed by atoms with Gasteiger partial charge in [0.2, 0.25) is 5.56 Å². The van der Waals surface area contributed by atoms with Crippen LogP contribution in [0.5, 0.6) is 0 Å². The number of rotatable bonds is 6. The van der Waals surface area contributed by atoms with Gasteiger partial charge in [-0.1, -0.05) is 6.07 Å². The molecule has 0 spiro atoms. The lowest BCUT2D eigenvalue weighted by atomic mass is 9.99. The van der Waals surface area contributed by atoms with Crippen LogP contribution in [0.15, 0.2) is 47.4 Å². The summed E-state index contributed by atoms with van der Waals surface area (Å²) in [6.07, 6.45) is -4.28. The Labute approximate surface area is 238 Å². The van der Waals surface area contributed by atoms with Gasteiger partial charge in [-0.3, -0.25) is 14.5 Å². The Morgan fingerprint density at radius 3 is 2.33 bits per heavy atom. The van der Waals surface area contributed by atoms with Gasteiger partial charge in [-0.05, 0) is 36.9 Å². The zero-order valence-electron chi connectivity index (χ0n) is 22.9. The van der Waals surface area contributed by atoms with Crippen molar-refractivity contribution in [1.82, 2.24) is 14.8 Å². The summed E-state index contributed by atoms with van der Waals surface area (Å²) in [4.78, 5) is 32.9. The Balaban J connectivity index is 1.55. The van der Waals surface area contributed by atoms with E-state index < -0.39 is 40.4 Å². The number of hydrogen-bond acceptors (Lipinski definition) is 6. The van der Waals surface area contributed by atoms with Crippen molar-refractivity contribution in [2.75, 3.05) is 69.7 Å². The number of morpholine rings is 1. The van der Waals surface area contributed by atoms with E-state index in [4.69, 9.17) is 4.74 Å². The topological polar surface area (TPSA) is 80.9 Å². The summed E-state index contributed by atoms with van der Waals surface area (Å²) in [5, 5.41) is 2.48. The molecule has 13 heteroatoms. The molecule has 2 fully saturated rings. The van der Waals surface area contributed by atoms with Gasteiger partial charge in [0.25, 0.3) is 5.91 Å². The molecule has 0 bridgehead atoms. The number of piperazine rings is 1. The van der Waals surface area contributed by atoms with Crippen LogP contribution < -0.4 is 15.8 Å². The summed E-state index contributed by atoms with van der Waals surface area (Å²) in [6.45, 7) is 5.23. The van der Waals surface area contributed by atoms with Gasteiger partial charge in [0.15, 0.2) is 0 Å². The third-order valence-electron chi connectivity index (χ3n) is 7.48. The molecule has 0 unspecified atom stereocenters. The first-order chi connectivity index (χ1) is 20.0. The fourth-order valence-electron chi connectivity index (χ4n) is 5.16. The van der Waals surface area contributed by atoms with Crippen LogP contribution in [0, 0.1) is 11.6 Å². The van der Waals surface area contributed by atoms with Gasteiger partial charge >= 0.3 is 6.18 Å². The number of alkyl halides is 3. The molecule has 1 aromatic heterocycles. The zero-order chi connectivity index (χ0) is 30.0. The largest absolute Gasteiger partial charge is 0.417 e. The lowest BCUT2D eigenvalue weighted by molar-refractivity contribution is -0.138. The average molecular weight is 592 g/mol. The number of pyridine rings is 1. The van der Waals surface area contributed by atoms with E-state index in [1.54, 1.807) is 6.07 Å². The predicted molar refractivity (Wildman–Crippen MR) is 148 cm³/mol. The number of benzene rings is 2. The summed E-state index contributed by atoms with van der Waals surface area (Å²) in [6, 6.07) is 7.11. The van der Waals surface area contributed by atoms with Gasteiger partial charge in [-0.15, -0.1) is 0 Å². The fourth-order valence-corrected chi connectivity index (χ4v) is 5.16. The van der Waals surface area contributed by atoms with E-state index in [1.807, 2.05) is 11.9 Å². The Kier molecular flexibility index (Phi) is 8.62. The maximum Gasteiger partial charge on any atom is 0.417 e. The number of aromatic nitrogens is 1. The molecular weight excluding hydrogens is 561 g/mol. The molecule has 0 saturated carbocycles. The monoisotopic (exact) mass is 591 g/mol. The van der Waals surface area contributed by atoms with Crippen molar-refractivity contribution in [3.05, 3.63) is 81.3 Å². The van der Waals surface area contributed by atoms with E-state index in [-0.39, 0.29) is 22.5 Å². The van der Waals surface area contributed by atoms with E-state index in [9.17, 15) is 22.8 Å². The highest BCUT2D eigenvalue weighted by molar-refractivity contribution is 6.07. The minimum Gasteiger partial charge on any atom is -0.379 e. The lowest BCUT2D eigenvalue weighted by Crippen LogP contribution is -2.44.